The Hall–Kier alpha value is -1.84. The second-order valence-electron chi connectivity index (χ2n) is 4.07. The summed E-state index contributed by atoms with van der Waals surface area (Å²) < 4.78 is 5.37. The van der Waals surface area contributed by atoms with Gasteiger partial charge in [0.25, 0.3) is 0 Å². The van der Waals surface area contributed by atoms with Crippen LogP contribution in [-0.2, 0) is 9.53 Å². The average Bonchev–Trinajstić information content (AvgIpc) is 2.56. The summed E-state index contributed by atoms with van der Waals surface area (Å²) in [4.78, 5) is 22.9. The minimum atomic E-state index is -0.315. The molecule has 4 heteroatoms. The van der Waals surface area contributed by atoms with Crippen molar-refractivity contribution in [2.24, 2.45) is 0 Å². The Labute approximate surface area is 100.0 Å². The standard InChI is InChI=1S/C13H15NO3/c15-12-7-6-11(8-9-14-12)17-13(16)10-4-2-1-3-5-10/h1-5,11H,6-9H2,(H,14,15). The molecule has 90 valence electrons. The van der Waals surface area contributed by atoms with Gasteiger partial charge >= 0.3 is 5.97 Å². The number of ether oxygens (including phenoxy) is 1. The molecule has 0 spiro atoms. The highest BCUT2D eigenvalue weighted by molar-refractivity contribution is 5.89. The van der Waals surface area contributed by atoms with Crippen LogP contribution in [0.25, 0.3) is 0 Å². The summed E-state index contributed by atoms with van der Waals surface area (Å²) in [5.74, 6) is -0.284. The third-order valence-corrected chi connectivity index (χ3v) is 2.77. The quantitative estimate of drug-likeness (QED) is 0.788. The number of benzene rings is 1. The van der Waals surface area contributed by atoms with Gasteiger partial charge in [0.05, 0.1) is 5.56 Å². The van der Waals surface area contributed by atoms with Crippen molar-refractivity contribution in [2.45, 2.75) is 25.4 Å². The van der Waals surface area contributed by atoms with Crippen molar-refractivity contribution in [1.29, 1.82) is 0 Å². The van der Waals surface area contributed by atoms with Crippen LogP contribution >= 0.6 is 0 Å². The van der Waals surface area contributed by atoms with Crippen LogP contribution in [0.5, 0.6) is 0 Å². The molecule has 0 aromatic heterocycles. The van der Waals surface area contributed by atoms with Crippen LogP contribution in [-0.4, -0.2) is 24.5 Å². The molecule has 1 saturated heterocycles. The van der Waals surface area contributed by atoms with E-state index in [1.54, 1.807) is 24.3 Å². The predicted molar refractivity (Wildman–Crippen MR) is 62.5 cm³/mol. The van der Waals surface area contributed by atoms with Crippen molar-refractivity contribution in [2.75, 3.05) is 6.54 Å². The first kappa shape index (κ1) is 11.6. The van der Waals surface area contributed by atoms with Crippen molar-refractivity contribution in [1.82, 2.24) is 5.32 Å². The number of carbonyl (C=O) groups is 2. The van der Waals surface area contributed by atoms with Crippen LogP contribution in [0.4, 0.5) is 0 Å². The number of hydrogen-bond acceptors (Lipinski definition) is 3. The number of amides is 1. The first-order valence-electron chi connectivity index (χ1n) is 5.78. The molecule has 1 aromatic carbocycles. The zero-order valence-corrected chi connectivity index (χ0v) is 9.52. The third-order valence-electron chi connectivity index (χ3n) is 2.77. The molecule has 1 heterocycles. The number of esters is 1. The van der Waals surface area contributed by atoms with Gasteiger partial charge in [-0.25, -0.2) is 4.79 Å². The van der Waals surface area contributed by atoms with Gasteiger partial charge < -0.3 is 10.1 Å². The van der Waals surface area contributed by atoms with E-state index in [4.69, 9.17) is 4.74 Å². The molecule has 0 radical (unpaired) electrons. The van der Waals surface area contributed by atoms with Gasteiger partial charge in [0.15, 0.2) is 0 Å². The lowest BCUT2D eigenvalue weighted by atomic mass is 10.1. The minimum Gasteiger partial charge on any atom is -0.459 e. The van der Waals surface area contributed by atoms with Crippen LogP contribution in [0.15, 0.2) is 30.3 Å². The monoisotopic (exact) mass is 233 g/mol. The maximum atomic E-state index is 11.8. The summed E-state index contributed by atoms with van der Waals surface area (Å²) in [6.07, 6.45) is 1.54. The lowest BCUT2D eigenvalue weighted by Gasteiger charge is -2.14. The molecule has 1 fully saturated rings. The van der Waals surface area contributed by atoms with E-state index in [0.717, 1.165) is 0 Å². The third kappa shape index (κ3) is 3.31. The Bertz CT molecular complexity index is 402. The van der Waals surface area contributed by atoms with E-state index in [-0.39, 0.29) is 18.0 Å². The maximum absolute atomic E-state index is 11.8. The fourth-order valence-corrected chi connectivity index (χ4v) is 1.81. The van der Waals surface area contributed by atoms with E-state index in [1.807, 2.05) is 6.07 Å². The number of rotatable bonds is 2. The van der Waals surface area contributed by atoms with Gasteiger partial charge in [-0.05, 0) is 18.6 Å². The zero-order chi connectivity index (χ0) is 12.1. The van der Waals surface area contributed by atoms with E-state index in [9.17, 15) is 9.59 Å². The molecule has 1 amide bonds. The average molecular weight is 233 g/mol. The Morgan fingerprint density at radius 1 is 1.24 bits per heavy atom. The Morgan fingerprint density at radius 2 is 2.00 bits per heavy atom. The highest BCUT2D eigenvalue weighted by Crippen LogP contribution is 2.13. The smallest absolute Gasteiger partial charge is 0.338 e. The summed E-state index contributed by atoms with van der Waals surface area (Å²) >= 11 is 0. The van der Waals surface area contributed by atoms with Crippen LogP contribution in [0.1, 0.15) is 29.6 Å². The SMILES string of the molecule is O=C1CCC(OC(=O)c2ccccc2)CCN1. The van der Waals surface area contributed by atoms with Gasteiger partial charge in [-0.2, -0.15) is 0 Å². The van der Waals surface area contributed by atoms with Crippen LogP contribution in [0, 0.1) is 0 Å². The summed E-state index contributed by atoms with van der Waals surface area (Å²) in [7, 11) is 0. The first-order chi connectivity index (χ1) is 8.25. The Kier molecular flexibility index (Phi) is 3.75. The number of carbonyl (C=O) groups excluding carboxylic acids is 2. The molecule has 1 aliphatic rings. The van der Waals surface area contributed by atoms with Crippen molar-refractivity contribution in [3.05, 3.63) is 35.9 Å². The molecule has 1 aliphatic heterocycles. The predicted octanol–water partition coefficient (Wildman–Crippen LogP) is 1.51. The summed E-state index contributed by atoms with van der Waals surface area (Å²) in [5.41, 5.74) is 0.552. The molecule has 0 aliphatic carbocycles. The van der Waals surface area contributed by atoms with Gasteiger partial charge in [0.1, 0.15) is 6.10 Å². The lowest BCUT2D eigenvalue weighted by Crippen LogP contribution is -2.22. The fourth-order valence-electron chi connectivity index (χ4n) is 1.81. The summed E-state index contributed by atoms with van der Waals surface area (Å²) in [5, 5.41) is 2.76. The molecular formula is C13H15NO3. The molecule has 2 rings (SSSR count). The van der Waals surface area contributed by atoms with E-state index in [2.05, 4.69) is 5.32 Å². The highest BCUT2D eigenvalue weighted by atomic mass is 16.5. The molecule has 4 nitrogen and oxygen atoms in total. The van der Waals surface area contributed by atoms with Crippen molar-refractivity contribution in [3.63, 3.8) is 0 Å². The zero-order valence-electron chi connectivity index (χ0n) is 9.52. The van der Waals surface area contributed by atoms with Crippen LogP contribution in [0.3, 0.4) is 0 Å². The Balaban J connectivity index is 1.92. The van der Waals surface area contributed by atoms with Crippen molar-refractivity contribution < 1.29 is 14.3 Å². The van der Waals surface area contributed by atoms with Crippen molar-refractivity contribution in [3.8, 4) is 0 Å². The van der Waals surface area contributed by atoms with Gasteiger partial charge in [0.2, 0.25) is 5.91 Å². The van der Waals surface area contributed by atoms with E-state index < -0.39 is 0 Å². The number of nitrogens with one attached hydrogen (secondary N) is 1. The fraction of sp³-hybridized carbons (Fsp3) is 0.385. The summed E-state index contributed by atoms with van der Waals surface area (Å²) in [6, 6.07) is 8.90. The normalized spacial score (nSPS) is 20.2. The molecule has 1 aromatic rings. The Morgan fingerprint density at radius 3 is 2.76 bits per heavy atom. The first-order valence-corrected chi connectivity index (χ1v) is 5.78. The number of hydrogen-bond donors (Lipinski definition) is 1. The molecule has 0 saturated carbocycles. The van der Waals surface area contributed by atoms with Gasteiger partial charge in [0, 0.05) is 19.4 Å². The van der Waals surface area contributed by atoms with E-state index in [1.165, 1.54) is 0 Å². The van der Waals surface area contributed by atoms with Crippen molar-refractivity contribution >= 4 is 11.9 Å². The second kappa shape index (κ2) is 5.48. The van der Waals surface area contributed by atoms with Gasteiger partial charge in [-0.3, -0.25) is 4.79 Å². The molecular weight excluding hydrogens is 218 g/mol. The second-order valence-corrected chi connectivity index (χ2v) is 4.07. The minimum absolute atomic E-state index is 0.0308. The molecule has 0 bridgehead atoms. The van der Waals surface area contributed by atoms with E-state index in [0.29, 0.717) is 31.4 Å². The largest absolute Gasteiger partial charge is 0.459 e. The molecule has 17 heavy (non-hydrogen) atoms. The van der Waals surface area contributed by atoms with Crippen LogP contribution < -0.4 is 5.32 Å². The molecule has 1 atom stereocenters. The lowest BCUT2D eigenvalue weighted by molar-refractivity contribution is -0.120. The summed E-state index contributed by atoms with van der Waals surface area (Å²) in [6.45, 7) is 0.575. The van der Waals surface area contributed by atoms with Crippen LogP contribution in [0.2, 0.25) is 0 Å². The highest BCUT2D eigenvalue weighted by Gasteiger charge is 2.20. The maximum Gasteiger partial charge on any atom is 0.338 e. The van der Waals surface area contributed by atoms with E-state index >= 15 is 0 Å². The topological polar surface area (TPSA) is 55.4 Å². The molecule has 1 unspecified atom stereocenters. The van der Waals surface area contributed by atoms with Gasteiger partial charge in [-0.1, -0.05) is 18.2 Å². The molecule has 1 N–H and O–H groups in total. The van der Waals surface area contributed by atoms with Gasteiger partial charge in [-0.15, -0.1) is 0 Å².